The van der Waals surface area contributed by atoms with E-state index < -0.39 is 100 Å². The molecule has 2 aromatic carbocycles. The summed E-state index contributed by atoms with van der Waals surface area (Å²) in [6, 6.07) is 10.5. The van der Waals surface area contributed by atoms with Gasteiger partial charge in [0.15, 0.2) is 5.78 Å². The molecule has 2 aliphatic carbocycles. The van der Waals surface area contributed by atoms with Gasteiger partial charge in [0, 0.05) is 50.0 Å². The van der Waals surface area contributed by atoms with E-state index in [1.807, 2.05) is 0 Å². The molecule has 0 saturated carbocycles. The Morgan fingerprint density at radius 3 is 2.01 bits per heavy atom. The van der Waals surface area contributed by atoms with E-state index in [2.05, 4.69) is 20.6 Å². The SMILES string of the molecule is Nc1ccn([C@H]2CC(O)[C@@H](COP(=O)(O)OCCOCCOCCOCCOCCOCCOP(=O)(O)OC3C[C@H](n4cc(/C=C/C(=O)NCCCCCCNC(=O)c5ccc(C(=O)O)c(C6=C7C=CC(=O)C=C7Cc7cc(O)ccc76)c5)c(=O)[nH]c4=O)O[C@@H]3CO)O2)c(=O)n1. The fourth-order valence-corrected chi connectivity index (χ4v) is 12.1. The van der Waals surface area contributed by atoms with Crippen LogP contribution in [0.5, 0.6) is 5.75 Å². The number of anilines is 1. The van der Waals surface area contributed by atoms with Gasteiger partial charge in [-0.25, -0.2) is 23.5 Å². The highest BCUT2D eigenvalue weighted by Gasteiger charge is 2.42. The quantitative estimate of drug-likeness (QED) is 0.0173. The Bertz CT molecular complexity index is 3790. The van der Waals surface area contributed by atoms with Crippen molar-refractivity contribution in [1.82, 2.24) is 29.7 Å². The minimum Gasteiger partial charge on any atom is -0.508 e. The standard InChI is InChI=1S/C61H77N7O26P2/c62-52-13-16-67(60(78)65-52)54-33-48(72)51(93-54)37-91-95(80,81)89-27-25-87-23-21-85-19-17-84-18-20-86-22-24-88-26-28-90-96(82,83)94-49-34-55(92-50(49)36-69)68-35-39(58(75)66-61(68)79)6-12-53(73)63-14-3-1-2-4-15-64-57(74)38-5-9-46(59(76)77)47(32-38)56-44-10-7-42(70)30-40(44)29-41-31-43(71)8-11-45(41)56/h5-13,16,30-32,35,48-51,54-55,69-70,72H,1-4,14-15,17-29,33-34,36-37H2,(H,63,73)(H,64,74)(H,76,77)(H,80,81)(H,82,83)(H2,62,65,78)(H,66,75,79)/b12-6+/t48?,49?,50-,51-,54-,55-/m1/s1. The van der Waals surface area contributed by atoms with Crippen molar-refractivity contribution in [3.8, 4) is 5.75 Å². The molecule has 96 heavy (non-hydrogen) atoms. The number of phosphoric ester groups is 2. The average Bonchev–Trinajstić information content (AvgIpc) is 0.942. The lowest BCUT2D eigenvalue weighted by atomic mass is 9.76. The number of phenolic OH excluding ortho intramolecular Hbond substituents is 1. The van der Waals surface area contributed by atoms with Gasteiger partial charge in [-0.2, -0.15) is 4.98 Å². The molecule has 0 radical (unpaired) electrons. The van der Waals surface area contributed by atoms with Crippen LogP contribution in [0.25, 0.3) is 11.6 Å². The highest BCUT2D eigenvalue weighted by molar-refractivity contribution is 7.47. The zero-order valence-electron chi connectivity index (χ0n) is 52.0. The van der Waals surface area contributed by atoms with Crippen molar-refractivity contribution in [2.45, 2.75) is 81.8 Å². The number of nitrogens with one attached hydrogen (secondary N) is 3. The molecule has 4 unspecified atom stereocenters. The van der Waals surface area contributed by atoms with E-state index in [9.17, 15) is 72.9 Å². The lowest BCUT2D eigenvalue weighted by Gasteiger charge is -2.27. The van der Waals surface area contributed by atoms with Crippen LogP contribution < -0.4 is 33.3 Å². The molecule has 2 saturated heterocycles. The van der Waals surface area contributed by atoms with Crippen molar-refractivity contribution in [3.05, 3.63) is 155 Å². The number of amides is 2. The van der Waals surface area contributed by atoms with Crippen LogP contribution in [0.15, 0.2) is 105 Å². The molecule has 4 aromatic rings. The molecular weight excluding hydrogens is 1310 g/mol. The van der Waals surface area contributed by atoms with Gasteiger partial charge in [-0.3, -0.25) is 51.4 Å². The number of rotatable bonds is 40. The summed E-state index contributed by atoms with van der Waals surface area (Å²) >= 11 is 0. The van der Waals surface area contributed by atoms with Crippen LogP contribution in [0.4, 0.5) is 5.82 Å². The van der Waals surface area contributed by atoms with Gasteiger partial charge in [0.05, 0.1) is 110 Å². The first kappa shape index (κ1) is 74.3. The van der Waals surface area contributed by atoms with Crippen molar-refractivity contribution in [1.29, 1.82) is 0 Å². The summed E-state index contributed by atoms with van der Waals surface area (Å²) in [6.07, 6.45) is 5.43. The normalized spacial score (nSPS) is 20.4. The van der Waals surface area contributed by atoms with Gasteiger partial charge in [-0.1, -0.05) is 25.0 Å². The Labute approximate surface area is 548 Å². The number of nitrogen functional groups attached to an aromatic ring is 1. The number of carbonyl (C=O) groups excluding carboxylic acids is 3. The number of ether oxygens (including phenoxy) is 7. The summed E-state index contributed by atoms with van der Waals surface area (Å²) < 4.78 is 85.8. The first-order valence-electron chi connectivity index (χ1n) is 30.7. The van der Waals surface area contributed by atoms with Gasteiger partial charge in [-0.15, -0.1) is 0 Å². The largest absolute Gasteiger partial charge is 0.508 e. The molecule has 11 N–H and O–H groups in total. The van der Waals surface area contributed by atoms with Crippen molar-refractivity contribution < 1.29 is 110 Å². The maximum Gasteiger partial charge on any atom is 0.472 e. The predicted molar refractivity (Wildman–Crippen MR) is 337 cm³/mol. The van der Waals surface area contributed by atoms with E-state index in [4.69, 9.17) is 57.0 Å². The summed E-state index contributed by atoms with van der Waals surface area (Å²) in [4.78, 5) is 115. The van der Waals surface area contributed by atoms with E-state index in [0.717, 1.165) is 21.4 Å². The molecule has 4 aliphatic rings. The second kappa shape index (κ2) is 36.2. The number of aliphatic hydroxyl groups is 2. The number of nitrogens with zero attached hydrogens (tertiary/aromatic N) is 3. The lowest BCUT2D eigenvalue weighted by molar-refractivity contribution is -0.116. The summed E-state index contributed by atoms with van der Waals surface area (Å²) in [5.74, 6) is -2.34. The van der Waals surface area contributed by atoms with Crippen molar-refractivity contribution >= 4 is 56.7 Å². The number of ketones is 1. The number of nitrogens with two attached hydrogens (primary N) is 1. The van der Waals surface area contributed by atoms with E-state index in [1.54, 1.807) is 18.2 Å². The second-order valence-corrected chi connectivity index (χ2v) is 24.8. The summed E-state index contributed by atoms with van der Waals surface area (Å²) in [6.45, 7) is 0.217. The number of carbonyl (C=O) groups is 4. The van der Waals surface area contributed by atoms with Gasteiger partial charge >= 0.3 is 33.0 Å². The maximum absolute atomic E-state index is 13.4. The lowest BCUT2D eigenvalue weighted by Crippen LogP contribution is -2.33. The first-order valence-corrected chi connectivity index (χ1v) is 33.6. The van der Waals surface area contributed by atoms with Gasteiger partial charge < -0.3 is 79.7 Å². The molecule has 8 rings (SSSR count). The van der Waals surface area contributed by atoms with Crippen molar-refractivity contribution in [3.63, 3.8) is 0 Å². The highest BCUT2D eigenvalue weighted by atomic mass is 31.2. The molecule has 33 nitrogen and oxygen atoms in total. The van der Waals surface area contributed by atoms with Crippen LogP contribution in [0.2, 0.25) is 0 Å². The third-order valence-electron chi connectivity index (χ3n) is 15.1. The second-order valence-electron chi connectivity index (χ2n) is 22.0. The Balaban J connectivity index is 0.634. The third kappa shape index (κ3) is 22.0. The van der Waals surface area contributed by atoms with Gasteiger partial charge in [0.1, 0.15) is 42.3 Å². The van der Waals surface area contributed by atoms with E-state index >= 15 is 0 Å². The molecule has 2 aromatic heterocycles. The fourth-order valence-electron chi connectivity index (χ4n) is 10.5. The molecule has 4 heterocycles. The van der Waals surface area contributed by atoms with Gasteiger partial charge in [-0.05, 0) is 107 Å². The minimum atomic E-state index is -4.76. The number of fused-ring (bicyclic) bond motifs is 2. The van der Waals surface area contributed by atoms with Gasteiger partial charge in [0.25, 0.3) is 11.5 Å². The van der Waals surface area contributed by atoms with Crippen LogP contribution in [-0.2, 0) is 76.4 Å². The van der Waals surface area contributed by atoms with E-state index in [1.165, 1.54) is 54.8 Å². The number of aromatic amines is 1. The van der Waals surface area contributed by atoms with Crippen LogP contribution in [-0.4, -0.2) is 203 Å². The zero-order chi connectivity index (χ0) is 68.8. The van der Waals surface area contributed by atoms with Crippen LogP contribution in [0, 0.1) is 0 Å². The molecule has 0 spiro atoms. The summed E-state index contributed by atoms with van der Waals surface area (Å²) in [7, 11) is -9.27. The number of aromatic nitrogens is 4. The van der Waals surface area contributed by atoms with Crippen LogP contribution >= 0.6 is 15.6 Å². The molecule has 2 amide bonds. The number of phosphoric acid groups is 2. The predicted octanol–water partition coefficient (Wildman–Crippen LogP) is 1.97. The number of aromatic hydroxyl groups is 1. The average molecular weight is 1390 g/mol. The number of allylic oxidation sites excluding steroid dienone is 5. The molecule has 522 valence electrons. The number of carboxylic acid groups (broad SMARTS) is 1. The summed E-state index contributed by atoms with van der Waals surface area (Å²) in [5, 5.41) is 46.3. The minimum absolute atomic E-state index is 0.0162. The van der Waals surface area contributed by atoms with Crippen molar-refractivity contribution in [2.24, 2.45) is 0 Å². The maximum atomic E-state index is 13.4. The number of benzene rings is 2. The first-order chi connectivity index (χ1) is 46.1. The molecule has 0 bridgehead atoms. The third-order valence-corrected chi connectivity index (χ3v) is 17.2. The monoisotopic (exact) mass is 1390 g/mol. The number of unbranched alkanes of at least 4 members (excludes halogenated alkanes) is 3. The molecular formula is C61H77N7O26P2. The highest BCUT2D eigenvalue weighted by Crippen LogP contribution is 2.49. The topological polar surface area (TPSA) is 465 Å². The smallest absolute Gasteiger partial charge is 0.472 e. The Morgan fingerprint density at radius 1 is 0.740 bits per heavy atom. The van der Waals surface area contributed by atoms with Gasteiger partial charge in [0.2, 0.25) is 5.91 Å². The number of H-pyrrole nitrogens is 1. The Hall–Kier alpha value is -7.50. The molecule has 8 atom stereocenters. The number of hydrogen-bond donors (Lipinski definition) is 10. The number of carboxylic acids is 1. The number of aliphatic hydroxyl groups excluding tert-OH is 2. The molecule has 2 fully saturated rings. The fraction of sp³-hybridized carbons (Fsp3) is 0.475. The number of hydrogen-bond acceptors (Lipinski definition) is 25. The molecule has 35 heteroatoms. The van der Waals surface area contributed by atoms with Crippen LogP contribution in [0.3, 0.4) is 0 Å². The number of aromatic carboxylic acids is 1. The Morgan fingerprint density at radius 2 is 1.36 bits per heavy atom. The summed E-state index contributed by atoms with van der Waals surface area (Å²) in [5.41, 5.74) is 6.68. The van der Waals surface area contributed by atoms with Crippen LogP contribution in [0.1, 0.15) is 94.0 Å². The molecule has 2 aliphatic heterocycles. The van der Waals surface area contributed by atoms with E-state index in [-0.39, 0.29) is 138 Å². The van der Waals surface area contributed by atoms with Crippen molar-refractivity contribution in [2.75, 3.05) is 111 Å². The zero-order valence-corrected chi connectivity index (χ0v) is 53.8. The number of phenols is 1. The Kier molecular flexibility index (Phi) is 28.0. The van der Waals surface area contributed by atoms with E-state index in [0.29, 0.717) is 66.5 Å².